The van der Waals surface area contributed by atoms with E-state index in [1.807, 2.05) is 36.0 Å². The number of hydrogen-bond donors (Lipinski definition) is 1. The molecule has 1 aliphatic heterocycles. The first kappa shape index (κ1) is 23.3. The zero-order chi connectivity index (χ0) is 22.2. The van der Waals surface area contributed by atoms with Gasteiger partial charge in [-0.1, -0.05) is 28.1 Å². The average molecular weight is 488 g/mol. The summed E-state index contributed by atoms with van der Waals surface area (Å²) in [5.74, 6) is -0.159. The first-order valence-corrected chi connectivity index (χ1v) is 11.4. The second kappa shape index (κ2) is 11.3. The third-order valence-electron chi connectivity index (χ3n) is 5.36. The zero-order valence-electron chi connectivity index (χ0n) is 18.1. The predicted octanol–water partition coefficient (Wildman–Crippen LogP) is 3.84. The van der Waals surface area contributed by atoms with Crippen molar-refractivity contribution < 1.29 is 14.3 Å². The molecule has 2 aromatic carbocycles. The van der Waals surface area contributed by atoms with Crippen molar-refractivity contribution in [2.45, 2.75) is 31.9 Å². The SMILES string of the molecule is CN(C)c1ccc(CN(CC2CCCO2)C(=O)CCNC(=O)c2ccc(Br)cc2)cc1. The van der Waals surface area contributed by atoms with Gasteiger partial charge in [0.05, 0.1) is 6.10 Å². The van der Waals surface area contributed by atoms with Gasteiger partial charge in [-0.25, -0.2) is 0 Å². The first-order chi connectivity index (χ1) is 14.9. The van der Waals surface area contributed by atoms with E-state index in [9.17, 15) is 9.59 Å². The number of carbonyl (C=O) groups excluding carboxylic acids is 2. The van der Waals surface area contributed by atoms with Crippen LogP contribution in [-0.4, -0.2) is 56.6 Å². The molecular formula is C24H30BrN3O3. The lowest BCUT2D eigenvalue weighted by molar-refractivity contribution is -0.133. The van der Waals surface area contributed by atoms with Crippen LogP contribution in [0.1, 0.15) is 35.2 Å². The molecule has 0 saturated carbocycles. The summed E-state index contributed by atoms with van der Waals surface area (Å²) in [6.45, 7) is 2.17. The van der Waals surface area contributed by atoms with Crippen LogP contribution in [0.25, 0.3) is 0 Å². The second-order valence-corrected chi connectivity index (χ2v) is 8.90. The van der Waals surface area contributed by atoms with Crippen molar-refractivity contribution in [3.63, 3.8) is 0 Å². The van der Waals surface area contributed by atoms with Crippen LogP contribution in [0, 0.1) is 0 Å². The quantitative estimate of drug-likeness (QED) is 0.583. The zero-order valence-corrected chi connectivity index (χ0v) is 19.7. The summed E-state index contributed by atoms with van der Waals surface area (Å²) in [5, 5.41) is 2.84. The number of ether oxygens (including phenoxy) is 1. The van der Waals surface area contributed by atoms with Gasteiger partial charge in [0.25, 0.3) is 5.91 Å². The molecule has 0 radical (unpaired) electrons. The Labute approximate surface area is 192 Å². The molecule has 0 bridgehead atoms. The minimum atomic E-state index is -0.176. The van der Waals surface area contributed by atoms with E-state index in [0.717, 1.165) is 35.2 Å². The van der Waals surface area contributed by atoms with Crippen LogP contribution in [0.4, 0.5) is 5.69 Å². The molecule has 0 aromatic heterocycles. The summed E-state index contributed by atoms with van der Waals surface area (Å²) < 4.78 is 6.68. The predicted molar refractivity (Wildman–Crippen MR) is 126 cm³/mol. The van der Waals surface area contributed by atoms with Gasteiger partial charge in [-0.3, -0.25) is 9.59 Å². The average Bonchev–Trinajstić information content (AvgIpc) is 3.27. The van der Waals surface area contributed by atoms with Crippen LogP contribution in [0.3, 0.4) is 0 Å². The fraction of sp³-hybridized carbons (Fsp3) is 0.417. The number of nitrogens with one attached hydrogen (secondary N) is 1. The molecule has 1 unspecified atom stereocenters. The Morgan fingerprint density at radius 2 is 1.81 bits per heavy atom. The van der Waals surface area contributed by atoms with E-state index in [0.29, 0.717) is 25.2 Å². The molecule has 1 fully saturated rings. The van der Waals surface area contributed by atoms with Crippen molar-refractivity contribution in [3.8, 4) is 0 Å². The number of halogens is 1. The lowest BCUT2D eigenvalue weighted by Crippen LogP contribution is -2.38. The molecule has 1 N–H and O–H groups in total. The number of nitrogens with zero attached hydrogens (tertiary/aromatic N) is 2. The van der Waals surface area contributed by atoms with Crippen molar-refractivity contribution in [2.75, 3.05) is 38.7 Å². The summed E-state index contributed by atoms with van der Waals surface area (Å²) in [7, 11) is 4.01. The number of hydrogen-bond acceptors (Lipinski definition) is 4. The Bertz CT molecular complexity index is 863. The highest BCUT2D eigenvalue weighted by molar-refractivity contribution is 9.10. The lowest BCUT2D eigenvalue weighted by Gasteiger charge is -2.26. The van der Waals surface area contributed by atoms with Crippen molar-refractivity contribution in [1.82, 2.24) is 10.2 Å². The molecule has 2 amide bonds. The van der Waals surface area contributed by atoms with Crippen LogP contribution in [0.5, 0.6) is 0 Å². The molecule has 7 heteroatoms. The minimum absolute atomic E-state index is 0.0169. The van der Waals surface area contributed by atoms with Crippen molar-refractivity contribution in [3.05, 3.63) is 64.1 Å². The van der Waals surface area contributed by atoms with Crippen LogP contribution in [-0.2, 0) is 16.1 Å². The van der Waals surface area contributed by atoms with Gasteiger partial charge in [0.2, 0.25) is 5.91 Å². The molecule has 1 saturated heterocycles. The first-order valence-electron chi connectivity index (χ1n) is 10.6. The molecule has 6 nitrogen and oxygen atoms in total. The van der Waals surface area contributed by atoms with Gasteiger partial charge in [0.15, 0.2) is 0 Å². The normalized spacial score (nSPS) is 15.5. The van der Waals surface area contributed by atoms with E-state index < -0.39 is 0 Å². The highest BCUT2D eigenvalue weighted by Gasteiger charge is 2.23. The van der Waals surface area contributed by atoms with E-state index in [1.54, 1.807) is 12.1 Å². The van der Waals surface area contributed by atoms with E-state index >= 15 is 0 Å². The van der Waals surface area contributed by atoms with Gasteiger partial charge < -0.3 is 19.9 Å². The molecule has 0 aliphatic carbocycles. The number of rotatable bonds is 9. The highest BCUT2D eigenvalue weighted by Crippen LogP contribution is 2.18. The maximum atomic E-state index is 13.0. The maximum Gasteiger partial charge on any atom is 0.251 e. The molecule has 166 valence electrons. The number of amides is 2. The molecule has 0 spiro atoms. The molecule has 2 aromatic rings. The number of anilines is 1. The number of benzene rings is 2. The third kappa shape index (κ3) is 7.08. The Hall–Kier alpha value is -2.38. The van der Waals surface area contributed by atoms with Gasteiger partial charge in [-0.05, 0) is 54.8 Å². The van der Waals surface area contributed by atoms with Crippen molar-refractivity contribution in [2.24, 2.45) is 0 Å². The van der Waals surface area contributed by atoms with E-state index in [-0.39, 0.29) is 24.3 Å². The smallest absolute Gasteiger partial charge is 0.251 e. The van der Waals surface area contributed by atoms with Crippen LogP contribution < -0.4 is 10.2 Å². The van der Waals surface area contributed by atoms with Crippen LogP contribution >= 0.6 is 15.9 Å². The standard InChI is InChI=1S/C24H30BrN3O3/c1-27(2)21-11-5-18(6-12-21)16-28(17-22-4-3-15-31-22)23(29)13-14-26-24(30)19-7-9-20(25)10-8-19/h5-12,22H,3-4,13-17H2,1-2H3,(H,26,30). The monoisotopic (exact) mass is 487 g/mol. The Morgan fingerprint density at radius 1 is 1.10 bits per heavy atom. The fourth-order valence-electron chi connectivity index (χ4n) is 3.55. The summed E-state index contributed by atoms with van der Waals surface area (Å²) in [4.78, 5) is 29.2. The Kier molecular flexibility index (Phi) is 8.49. The van der Waals surface area contributed by atoms with Gasteiger partial charge in [0, 0.05) is 62.5 Å². The lowest BCUT2D eigenvalue weighted by atomic mass is 10.1. The molecule has 1 atom stereocenters. The molecule has 1 aliphatic rings. The summed E-state index contributed by atoms with van der Waals surface area (Å²) in [6.07, 6.45) is 2.35. The Morgan fingerprint density at radius 3 is 2.42 bits per heavy atom. The van der Waals surface area contributed by atoms with Gasteiger partial charge in [-0.15, -0.1) is 0 Å². The van der Waals surface area contributed by atoms with E-state index in [1.165, 1.54) is 0 Å². The fourth-order valence-corrected chi connectivity index (χ4v) is 3.82. The summed E-state index contributed by atoms with van der Waals surface area (Å²) >= 11 is 3.36. The second-order valence-electron chi connectivity index (χ2n) is 7.98. The third-order valence-corrected chi connectivity index (χ3v) is 5.89. The van der Waals surface area contributed by atoms with Gasteiger partial charge in [-0.2, -0.15) is 0 Å². The molecule has 3 rings (SSSR count). The van der Waals surface area contributed by atoms with Gasteiger partial charge in [0.1, 0.15) is 0 Å². The highest BCUT2D eigenvalue weighted by atomic mass is 79.9. The van der Waals surface area contributed by atoms with Gasteiger partial charge >= 0.3 is 0 Å². The summed E-state index contributed by atoms with van der Waals surface area (Å²) in [5.41, 5.74) is 2.78. The Balaban J connectivity index is 1.57. The van der Waals surface area contributed by atoms with Crippen LogP contribution in [0.15, 0.2) is 53.0 Å². The largest absolute Gasteiger partial charge is 0.378 e. The molecular weight excluding hydrogens is 458 g/mol. The topological polar surface area (TPSA) is 61.9 Å². The van der Waals surface area contributed by atoms with Crippen molar-refractivity contribution in [1.29, 1.82) is 0 Å². The number of carbonyl (C=O) groups is 2. The minimum Gasteiger partial charge on any atom is -0.378 e. The molecule has 1 heterocycles. The maximum absolute atomic E-state index is 13.0. The summed E-state index contributed by atoms with van der Waals surface area (Å²) in [6, 6.07) is 15.4. The molecule has 31 heavy (non-hydrogen) atoms. The van der Waals surface area contributed by atoms with Crippen molar-refractivity contribution >= 4 is 33.4 Å². The van der Waals surface area contributed by atoms with E-state index in [4.69, 9.17) is 4.74 Å². The van der Waals surface area contributed by atoms with E-state index in [2.05, 4.69) is 45.5 Å². The van der Waals surface area contributed by atoms with Crippen LogP contribution in [0.2, 0.25) is 0 Å².